The van der Waals surface area contributed by atoms with Crippen LogP contribution in [0.2, 0.25) is 0 Å². The highest BCUT2D eigenvalue weighted by molar-refractivity contribution is 9.10. The van der Waals surface area contributed by atoms with Gasteiger partial charge in [-0.15, -0.1) is 10.2 Å². The molecule has 1 heterocycles. The molecule has 2 rings (SSSR count). The van der Waals surface area contributed by atoms with Crippen LogP contribution in [0.1, 0.15) is 37.1 Å². The molecular weight excluding hydrogens is 332 g/mol. The molecule has 1 aromatic carbocycles. The van der Waals surface area contributed by atoms with Crippen molar-refractivity contribution in [2.45, 2.75) is 33.4 Å². The van der Waals surface area contributed by atoms with Crippen LogP contribution in [-0.4, -0.2) is 21.3 Å². The molecule has 21 heavy (non-hydrogen) atoms. The van der Waals surface area contributed by atoms with E-state index in [0.717, 1.165) is 34.0 Å². The smallest absolute Gasteiger partial charge is 0.170 e. The Morgan fingerprint density at radius 2 is 2.14 bits per heavy atom. The van der Waals surface area contributed by atoms with Crippen molar-refractivity contribution in [3.8, 4) is 5.75 Å². The van der Waals surface area contributed by atoms with E-state index in [1.54, 1.807) is 0 Å². The third kappa shape index (κ3) is 3.83. The van der Waals surface area contributed by atoms with Crippen LogP contribution in [-0.2, 0) is 13.7 Å². The summed E-state index contributed by atoms with van der Waals surface area (Å²) in [4.78, 5) is 0. The number of halogens is 1. The minimum absolute atomic E-state index is 0.235. The van der Waals surface area contributed by atoms with Gasteiger partial charge in [0.2, 0.25) is 0 Å². The van der Waals surface area contributed by atoms with Gasteiger partial charge in [0.25, 0.3) is 0 Å². The third-order valence-electron chi connectivity index (χ3n) is 3.49. The summed E-state index contributed by atoms with van der Waals surface area (Å²) in [5, 5.41) is 11.6. The highest BCUT2D eigenvalue weighted by Gasteiger charge is 2.13. The predicted molar refractivity (Wildman–Crippen MR) is 86.3 cm³/mol. The van der Waals surface area contributed by atoms with Gasteiger partial charge in [0.05, 0.1) is 0 Å². The maximum atomic E-state index is 5.97. The lowest BCUT2D eigenvalue weighted by Gasteiger charge is -2.18. The van der Waals surface area contributed by atoms with E-state index in [2.05, 4.69) is 51.4 Å². The Morgan fingerprint density at radius 1 is 1.38 bits per heavy atom. The first-order valence-electron chi connectivity index (χ1n) is 7.03. The molecule has 1 unspecified atom stereocenters. The number of nitrogens with zero attached hydrogens (tertiary/aromatic N) is 3. The Bertz CT molecular complexity index is 612. The average Bonchev–Trinajstić information content (AvgIpc) is 2.77. The summed E-state index contributed by atoms with van der Waals surface area (Å²) in [5.74, 6) is 2.55. The summed E-state index contributed by atoms with van der Waals surface area (Å²) in [6.07, 6.45) is 0. The van der Waals surface area contributed by atoms with E-state index < -0.39 is 0 Å². The van der Waals surface area contributed by atoms with Crippen molar-refractivity contribution in [3.05, 3.63) is 39.9 Å². The number of rotatable bonds is 6. The lowest BCUT2D eigenvalue weighted by Crippen LogP contribution is -2.18. The highest BCUT2D eigenvalue weighted by atomic mass is 79.9. The maximum Gasteiger partial charge on any atom is 0.170 e. The zero-order valence-electron chi connectivity index (χ0n) is 12.9. The van der Waals surface area contributed by atoms with Gasteiger partial charge in [-0.2, -0.15) is 0 Å². The van der Waals surface area contributed by atoms with Crippen LogP contribution in [0.25, 0.3) is 0 Å². The number of aryl methyl sites for hydroxylation is 1. The Kier molecular flexibility index (Phi) is 5.36. The van der Waals surface area contributed by atoms with Crippen molar-refractivity contribution >= 4 is 15.9 Å². The molecular formula is C15H21BrN4O. The minimum Gasteiger partial charge on any atom is -0.485 e. The van der Waals surface area contributed by atoms with Crippen LogP contribution >= 0.6 is 15.9 Å². The molecule has 114 valence electrons. The Hall–Kier alpha value is -1.40. The Labute approximate surface area is 133 Å². The predicted octanol–water partition coefficient (Wildman–Crippen LogP) is 3.14. The van der Waals surface area contributed by atoms with E-state index in [1.807, 2.05) is 30.7 Å². The van der Waals surface area contributed by atoms with Crippen molar-refractivity contribution in [2.75, 3.05) is 6.54 Å². The molecule has 0 saturated heterocycles. The molecule has 0 aliphatic rings. The van der Waals surface area contributed by atoms with Crippen LogP contribution in [0, 0.1) is 6.92 Å². The SMILES string of the molecule is CCNC(C)c1ccc(Br)cc1OCc1nnc(C)n1C. The Balaban J connectivity index is 2.18. The molecule has 0 aliphatic carbocycles. The van der Waals surface area contributed by atoms with Gasteiger partial charge in [-0.1, -0.05) is 28.9 Å². The van der Waals surface area contributed by atoms with Gasteiger partial charge in [0, 0.05) is 23.1 Å². The minimum atomic E-state index is 0.235. The number of aromatic nitrogens is 3. The van der Waals surface area contributed by atoms with E-state index in [1.165, 1.54) is 0 Å². The van der Waals surface area contributed by atoms with Gasteiger partial charge >= 0.3 is 0 Å². The zero-order valence-corrected chi connectivity index (χ0v) is 14.4. The van der Waals surface area contributed by atoms with Gasteiger partial charge in [-0.25, -0.2) is 0 Å². The fourth-order valence-corrected chi connectivity index (χ4v) is 2.47. The number of nitrogens with one attached hydrogen (secondary N) is 1. The molecule has 5 nitrogen and oxygen atoms in total. The van der Waals surface area contributed by atoms with Gasteiger partial charge in [0.1, 0.15) is 18.2 Å². The fourth-order valence-electron chi connectivity index (χ4n) is 2.13. The molecule has 0 radical (unpaired) electrons. The number of benzene rings is 1. The summed E-state index contributed by atoms with van der Waals surface area (Å²) in [5.41, 5.74) is 1.14. The van der Waals surface area contributed by atoms with Gasteiger partial charge in [0.15, 0.2) is 5.82 Å². The van der Waals surface area contributed by atoms with E-state index in [0.29, 0.717) is 6.61 Å². The first-order valence-corrected chi connectivity index (χ1v) is 7.82. The Morgan fingerprint density at radius 3 is 2.76 bits per heavy atom. The quantitative estimate of drug-likeness (QED) is 0.867. The summed E-state index contributed by atoms with van der Waals surface area (Å²) in [6, 6.07) is 6.34. The lowest BCUT2D eigenvalue weighted by molar-refractivity contribution is 0.285. The molecule has 1 aromatic heterocycles. The molecule has 0 bridgehead atoms. The van der Waals surface area contributed by atoms with Gasteiger partial charge in [-0.05, 0) is 32.5 Å². The fraction of sp³-hybridized carbons (Fsp3) is 0.467. The van der Waals surface area contributed by atoms with E-state index in [-0.39, 0.29) is 6.04 Å². The summed E-state index contributed by atoms with van der Waals surface area (Å²) in [6.45, 7) is 7.47. The van der Waals surface area contributed by atoms with E-state index in [9.17, 15) is 0 Å². The third-order valence-corrected chi connectivity index (χ3v) is 3.99. The van der Waals surface area contributed by atoms with Crippen LogP contribution in [0.15, 0.2) is 22.7 Å². The van der Waals surface area contributed by atoms with Gasteiger partial charge in [-0.3, -0.25) is 0 Å². The number of ether oxygens (including phenoxy) is 1. The van der Waals surface area contributed by atoms with E-state index in [4.69, 9.17) is 4.74 Å². The van der Waals surface area contributed by atoms with Crippen molar-refractivity contribution in [1.29, 1.82) is 0 Å². The summed E-state index contributed by atoms with van der Waals surface area (Å²) >= 11 is 3.50. The number of hydrogen-bond donors (Lipinski definition) is 1. The van der Waals surface area contributed by atoms with Crippen molar-refractivity contribution in [1.82, 2.24) is 20.1 Å². The normalized spacial score (nSPS) is 12.4. The topological polar surface area (TPSA) is 52.0 Å². The van der Waals surface area contributed by atoms with Crippen molar-refractivity contribution < 1.29 is 4.74 Å². The second kappa shape index (κ2) is 7.04. The van der Waals surface area contributed by atoms with E-state index >= 15 is 0 Å². The first kappa shape index (κ1) is 16.0. The molecule has 0 amide bonds. The summed E-state index contributed by atoms with van der Waals surface area (Å²) in [7, 11) is 1.94. The number of hydrogen-bond acceptors (Lipinski definition) is 4. The van der Waals surface area contributed by atoms with Crippen molar-refractivity contribution in [3.63, 3.8) is 0 Å². The lowest BCUT2D eigenvalue weighted by atomic mass is 10.1. The standard InChI is InChI=1S/C15H21BrN4O/c1-5-17-10(2)13-7-6-12(16)8-14(13)21-9-15-19-18-11(3)20(15)4/h6-8,10,17H,5,9H2,1-4H3. The van der Waals surface area contributed by atoms with Crippen molar-refractivity contribution in [2.24, 2.45) is 7.05 Å². The second-order valence-electron chi connectivity index (χ2n) is 4.97. The van der Waals surface area contributed by atoms with Crippen LogP contribution in [0.5, 0.6) is 5.75 Å². The molecule has 1 atom stereocenters. The van der Waals surface area contributed by atoms with Crippen LogP contribution in [0.3, 0.4) is 0 Å². The highest BCUT2D eigenvalue weighted by Crippen LogP contribution is 2.29. The van der Waals surface area contributed by atoms with Crippen LogP contribution in [0.4, 0.5) is 0 Å². The molecule has 2 aromatic rings. The molecule has 0 saturated carbocycles. The monoisotopic (exact) mass is 352 g/mol. The van der Waals surface area contributed by atoms with Gasteiger partial charge < -0.3 is 14.6 Å². The zero-order chi connectivity index (χ0) is 15.4. The molecule has 0 aliphatic heterocycles. The average molecular weight is 353 g/mol. The second-order valence-corrected chi connectivity index (χ2v) is 5.89. The first-order chi connectivity index (χ1) is 10.0. The molecule has 6 heteroatoms. The molecule has 0 spiro atoms. The summed E-state index contributed by atoms with van der Waals surface area (Å²) < 4.78 is 8.91. The molecule has 0 fully saturated rings. The largest absolute Gasteiger partial charge is 0.485 e. The van der Waals surface area contributed by atoms with Crippen LogP contribution < -0.4 is 10.1 Å². The molecule has 1 N–H and O–H groups in total. The maximum absolute atomic E-state index is 5.97.